The number of nitrogens with one attached hydrogen (secondary N) is 2. The van der Waals surface area contributed by atoms with Gasteiger partial charge in [0.2, 0.25) is 0 Å². The average molecular weight is 408 g/mol. The quantitative estimate of drug-likeness (QED) is 0.518. The van der Waals surface area contributed by atoms with E-state index in [9.17, 15) is 23.2 Å². The smallest absolute Gasteiger partial charge is 0.308 e. The molecule has 0 radical (unpaired) electrons. The highest BCUT2D eigenvalue weighted by Gasteiger charge is 2.13. The summed E-state index contributed by atoms with van der Waals surface area (Å²) < 4.78 is 31.1. The largest absolute Gasteiger partial charge is 0.456 e. The topological polar surface area (TPSA) is 84.5 Å². The van der Waals surface area contributed by atoms with Crippen molar-refractivity contribution < 1.29 is 27.9 Å². The Morgan fingerprint density at radius 2 is 1.89 bits per heavy atom. The van der Waals surface area contributed by atoms with Crippen molar-refractivity contribution in [2.75, 3.05) is 24.7 Å². The monoisotopic (exact) mass is 408 g/mol. The lowest BCUT2D eigenvalue weighted by atomic mass is 10.2. The summed E-state index contributed by atoms with van der Waals surface area (Å²) in [6, 6.07) is 9.75. The zero-order valence-electron chi connectivity index (χ0n) is 15.0. The molecule has 0 unspecified atom stereocenters. The third-order valence-corrected chi connectivity index (χ3v) is 4.23. The number of halogens is 2. The molecule has 28 heavy (non-hydrogen) atoms. The molecule has 0 bridgehead atoms. The van der Waals surface area contributed by atoms with Crippen LogP contribution in [0.3, 0.4) is 0 Å². The molecule has 9 heteroatoms. The molecule has 0 aliphatic rings. The normalized spacial score (nSPS) is 10.2. The lowest BCUT2D eigenvalue weighted by molar-refractivity contribution is -0.147. The number of rotatable bonds is 8. The van der Waals surface area contributed by atoms with E-state index in [1.807, 2.05) is 12.3 Å². The fourth-order valence-corrected chi connectivity index (χ4v) is 2.62. The van der Waals surface area contributed by atoms with E-state index in [4.69, 9.17) is 4.74 Å². The highest BCUT2D eigenvalue weighted by molar-refractivity contribution is 7.98. The van der Waals surface area contributed by atoms with Gasteiger partial charge in [-0.2, -0.15) is 0 Å². The van der Waals surface area contributed by atoms with Crippen molar-refractivity contribution in [1.82, 2.24) is 5.32 Å². The Morgan fingerprint density at radius 1 is 1.11 bits per heavy atom. The lowest BCUT2D eigenvalue weighted by Crippen LogP contribution is -2.28. The highest BCUT2D eigenvalue weighted by Crippen LogP contribution is 2.18. The highest BCUT2D eigenvalue weighted by atomic mass is 32.2. The number of hydrogen-bond donors (Lipinski definition) is 2. The number of benzene rings is 2. The second-order valence-corrected chi connectivity index (χ2v) is 6.45. The van der Waals surface area contributed by atoms with E-state index in [1.54, 1.807) is 18.2 Å². The van der Waals surface area contributed by atoms with Crippen LogP contribution < -0.4 is 10.6 Å². The van der Waals surface area contributed by atoms with Crippen LogP contribution in [0.2, 0.25) is 0 Å². The first-order valence-electron chi connectivity index (χ1n) is 8.22. The van der Waals surface area contributed by atoms with Gasteiger partial charge in [0, 0.05) is 23.2 Å². The maximum Gasteiger partial charge on any atom is 0.308 e. The van der Waals surface area contributed by atoms with Gasteiger partial charge < -0.3 is 15.4 Å². The number of anilines is 1. The third-order valence-electron chi connectivity index (χ3n) is 3.51. The predicted octanol–water partition coefficient (Wildman–Crippen LogP) is 2.99. The minimum absolute atomic E-state index is 0.119. The lowest BCUT2D eigenvalue weighted by Gasteiger charge is -2.08. The van der Waals surface area contributed by atoms with Crippen LogP contribution in [0.1, 0.15) is 16.8 Å². The molecule has 148 valence electrons. The summed E-state index contributed by atoms with van der Waals surface area (Å²) in [5.41, 5.74) is 0.253. The number of amides is 2. The average Bonchev–Trinajstić information content (AvgIpc) is 2.66. The van der Waals surface area contributed by atoms with Crippen LogP contribution in [0, 0.1) is 11.6 Å². The molecular weight excluding hydrogens is 390 g/mol. The van der Waals surface area contributed by atoms with Gasteiger partial charge in [0.15, 0.2) is 6.61 Å². The first-order valence-corrected chi connectivity index (χ1v) is 9.44. The third kappa shape index (κ3) is 6.66. The molecule has 0 atom stereocenters. The van der Waals surface area contributed by atoms with E-state index >= 15 is 0 Å². The summed E-state index contributed by atoms with van der Waals surface area (Å²) in [6.07, 6.45) is 1.70. The molecule has 0 saturated carbocycles. The van der Waals surface area contributed by atoms with Gasteiger partial charge >= 0.3 is 5.97 Å². The summed E-state index contributed by atoms with van der Waals surface area (Å²) >= 11 is 1.53. The molecule has 2 amide bonds. The Hall–Kier alpha value is -2.94. The predicted molar refractivity (Wildman–Crippen MR) is 101 cm³/mol. The molecule has 0 aliphatic heterocycles. The number of carbonyl (C=O) groups excluding carboxylic acids is 3. The summed E-state index contributed by atoms with van der Waals surface area (Å²) in [5.74, 6) is -3.77. The number of carbonyl (C=O) groups is 3. The molecular formula is C19H18F2N2O4S. The van der Waals surface area contributed by atoms with Crippen LogP contribution >= 0.6 is 11.8 Å². The zero-order valence-corrected chi connectivity index (χ0v) is 15.8. The number of hydrogen-bond acceptors (Lipinski definition) is 5. The fourth-order valence-electron chi connectivity index (χ4n) is 2.16. The van der Waals surface area contributed by atoms with E-state index in [1.165, 1.54) is 11.8 Å². The van der Waals surface area contributed by atoms with Gasteiger partial charge in [0.1, 0.15) is 11.6 Å². The van der Waals surface area contributed by atoms with Crippen LogP contribution in [0.5, 0.6) is 0 Å². The van der Waals surface area contributed by atoms with Crippen molar-refractivity contribution >= 4 is 35.2 Å². The fraction of sp³-hybridized carbons (Fsp3) is 0.211. The van der Waals surface area contributed by atoms with E-state index in [0.29, 0.717) is 11.8 Å². The summed E-state index contributed by atoms with van der Waals surface area (Å²) in [4.78, 5) is 36.2. The molecule has 2 aromatic rings. The van der Waals surface area contributed by atoms with Crippen molar-refractivity contribution in [3.63, 3.8) is 0 Å². The van der Waals surface area contributed by atoms with Crippen LogP contribution in [-0.2, 0) is 14.3 Å². The standard InChI is InChI=1S/C19H18F2N2O4S/c1-28-14-4-2-3-13(10-14)23-17(24)11-27-18(25)7-8-22-19(26)15-6-5-12(20)9-16(15)21/h2-6,9-10H,7-8,11H2,1H3,(H,22,26)(H,23,24). The van der Waals surface area contributed by atoms with Crippen molar-refractivity contribution in [1.29, 1.82) is 0 Å². The molecule has 2 rings (SSSR count). The Labute approximate surface area is 164 Å². The van der Waals surface area contributed by atoms with Gasteiger partial charge in [-0.1, -0.05) is 6.07 Å². The van der Waals surface area contributed by atoms with Crippen LogP contribution in [0.4, 0.5) is 14.5 Å². The van der Waals surface area contributed by atoms with E-state index in [-0.39, 0.29) is 18.5 Å². The van der Waals surface area contributed by atoms with E-state index < -0.39 is 36.0 Å². The number of ether oxygens (including phenoxy) is 1. The van der Waals surface area contributed by atoms with Crippen molar-refractivity contribution in [2.24, 2.45) is 0 Å². The molecule has 0 heterocycles. The van der Waals surface area contributed by atoms with Gasteiger partial charge in [0.05, 0.1) is 12.0 Å². The van der Waals surface area contributed by atoms with Gasteiger partial charge in [-0.25, -0.2) is 8.78 Å². The maximum absolute atomic E-state index is 13.5. The molecule has 6 nitrogen and oxygen atoms in total. The van der Waals surface area contributed by atoms with Crippen LogP contribution in [0.15, 0.2) is 47.4 Å². The molecule has 0 aliphatic carbocycles. The second kappa shape index (κ2) is 10.4. The summed E-state index contributed by atoms with van der Waals surface area (Å²) in [5, 5.41) is 4.93. The Morgan fingerprint density at radius 3 is 2.61 bits per heavy atom. The van der Waals surface area contributed by atoms with Gasteiger partial charge in [-0.3, -0.25) is 14.4 Å². The minimum atomic E-state index is -0.998. The van der Waals surface area contributed by atoms with Crippen LogP contribution in [0.25, 0.3) is 0 Å². The second-order valence-electron chi connectivity index (χ2n) is 5.57. The first kappa shape index (κ1) is 21.4. The first-order chi connectivity index (χ1) is 13.4. The molecule has 2 N–H and O–H groups in total. The van der Waals surface area contributed by atoms with Crippen molar-refractivity contribution in [3.8, 4) is 0 Å². The maximum atomic E-state index is 13.5. The molecule has 2 aromatic carbocycles. The van der Waals surface area contributed by atoms with Crippen molar-refractivity contribution in [3.05, 3.63) is 59.7 Å². The van der Waals surface area contributed by atoms with Crippen LogP contribution in [-0.4, -0.2) is 37.2 Å². The minimum Gasteiger partial charge on any atom is -0.456 e. The van der Waals surface area contributed by atoms with Crippen molar-refractivity contribution in [2.45, 2.75) is 11.3 Å². The summed E-state index contributed by atoms with van der Waals surface area (Å²) in [6.45, 7) is -0.589. The number of thioether (sulfide) groups is 1. The Balaban J connectivity index is 1.70. The Bertz CT molecular complexity index is 877. The van der Waals surface area contributed by atoms with Gasteiger partial charge in [0.25, 0.3) is 11.8 Å². The van der Waals surface area contributed by atoms with E-state index in [2.05, 4.69) is 10.6 Å². The van der Waals surface area contributed by atoms with Gasteiger partial charge in [-0.15, -0.1) is 11.8 Å². The molecule has 0 saturated heterocycles. The molecule has 0 aromatic heterocycles. The number of esters is 1. The molecule has 0 fully saturated rings. The Kier molecular flexibility index (Phi) is 7.94. The molecule has 0 spiro atoms. The zero-order chi connectivity index (χ0) is 20.5. The van der Waals surface area contributed by atoms with E-state index in [0.717, 1.165) is 17.0 Å². The van der Waals surface area contributed by atoms with Gasteiger partial charge in [-0.05, 0) is 36.6 Å². The summed E-state index contributed by atoms with van der Waals surface area (Å²) in [7, 11) is 0. The SMILES string of the molecule is CSc1cccc(NC(=O)COC(=O)CCNC(=O)c2ccc(F)cc2F)c1.